The number of halogens is 1. The SMILES string of the molecule is CN(C)[C@H]1C(=O)C(C(N)=O)=C(O)[C@@]2(O)C(=O)C3=C(O)c4c(O)ccc(/C=C(\Cl)C5=CCCCC5)c4C[C@H]3C[C@@H]12. The van der Waals surface area contributed by atoms with Crippen molar-refractivity contribution in [3.63, 3.8) is 0 Å². The molecule has 4 aliphatic carbocycles. The van der Waals surface area contributed by atoms with E-state index in [4.69, 9.17) is 17.3 Å². The number of carbonyl (C=O) groups is 3. The summed E-state index contributed by atoms with van der Waals surface area (Å²) in [5.74, 6) is -6.74. The fourth-order valence-corrected chi connectivity index (χ4v) is 6.98. The first-order valence-electron chi connectivity index (χ1n) is 13.0. The van der Waals surface area contributed by atoms with Crippen LogP contribution in [0.2, 0.25) is 0 Å². The zero-order valence-corrected chi connectivity index (χ0v) is 22.5. The third-order valence-electron chi connectivity index (χ3n) is 8.52. The van der Waals surface area contributed by atoms with E-state index in [-0.39, 0.29) is 29.7 Å². The molecule has 1 amide bonds. The minimum atomic E-state index is -2.66. The van der Waals surface area contributed by atoms with Crippen molar-refractivity contribution in [1.29, 1.82) is 0 Å². The lowest BCUT2D eigenvalue weighted by molar-refractivity contribution is -0.153. The number of likely N-dealkylation sites (N-methyl/N-ethyl adjacent to an activating group) is 1. The third kappa shape index (κ3) is 4.02. The molecule has 0 aromatic heterocycles. The first kappa shape index (κ1) is 27.2. The van der Waals surface area contributed by atoms with Gasteiger partial charge in [0.2, 0.25) is 5.78 Å². The zero-order chi connectivity index (χ0) is 28.4. The number of aromatic hydroxyl groups is 1. The van der Waals surface area contributed by atoms with Crippen LogP contribution in [0.15, 0.2) is 45.7 Å². The number of hydrogen-bond donors (Lipinski definition) is 5. The summed E-state index contributed by atoms with van der Waals surface area (Å²) in [5.41, 5.74) is 4.00. The molecule has 206 valence electrons. The van der Waals surface area contributed by atoms with Crippen LogP contribution in [-0.2, 0) is 20.8 Å². The van der Waals surface area contributed by atoms with Gasteiger partial charge >= 0.3 is 0 Å². The van der Waals surface area contributed by atoms with Crippen LogP contribution in [0.5, 0.6) is 5.75 Å². The number of carbonyl (C=O) groups excluding carboxylic acids is 3. The van der Waals surface area contributed by atoms with E-state index in [0.717, 1.165) is 31.3 Å². The van der Waals surface area contributed by atoms with E-state index >= 15 is 0 Å². The average Bonchev–Trinajstić information content (AvgIpc) is 2.88. The molecule has 0 saturated heterocycles. The molecule has 1 aromatic rings. The van der Waals surface area contributed by atoms with Crippen molar-refractivity contribution < 1.29 is 34.8 Å². The van der Waals surface area contributed by atoms with Crippen LogP contribution >= 0.6 is 11.6 Å². The van der Waals surface area contributed by atoms with Gasteiger partial charge in [0, 0.05) is 16.5 Å². The number of amides is 1. The van der Waals surface area contributed by atoms with Crippen LogP contribution < -0.4 is 5.73 Å². The molecule has 10 heteroatoms. The quantitative estimate of drug-likeness (QED) is 0.355. The van der Waals surface area contributed by atoms with E-state index in [2.05, 4.69) is 6.08 Å². The summed E-state index contributed by atoms with van der Waals surface area (Å²) >= 11 is 6.66. The van der Waals surface area contributed by atoms with Crippen molar-refractivity contribution in [1.82, 2.24) is 4.90 Å². The Morgan fingerprint density at radius 2 is 1.90 bits per heavy atom. The smallest absolute Gasteiger partial charge is 0.255 e. The van der Waals surface area contributed by atoms with Gasteiger partial charge in [-0.15, -0.1) is 0 Å². The monoisotopic (exact) mass is 554 g/mol. The number of nitrogens with two attached hydrogens (primary N) is 1. The number of allylic oxidation sites excluding steroid dienone is 3. The lowest BCUT2D eigenvalue weighted by atomic mass is 9.57. The molecule has 4 aliphatic rings. The second-order valence-electron chi connectivity index (χ2n) is 11.0. The Kier molecular flexibility index (Phi) is 6.73. The number of ketones is 2. The summed E-state index contributed by atoms with van der Waals surface area (Å²) in [6.07, 6.45) is 8.07. The molecular formula is C29H31ClN2O7. The topological polar surface area (TPSA) is 161 Å². The van der Waals surface area contributed by atoms with Gasteiger partial charge in [-0.2, -0.15) is 0 Å². The molecule has 0 bridgehead atoms. The fourth-order valence-electron chi connectivity index (χ4n) is 6.69. The maximum atomic E-state index is 13.9. The van der Waals surface area contributed by atoms with Gasteiger partial charge in [0.1, 0.15) is 22.8 Å². The summed E-state index contributed by atoms with van der Waals surface area (Å²) in [7, 11) is 3.13. The number of phenols is 1. The lowest BCUT2D eigenvalue weighted by Gasteiger charge is -2.50. The normalized spacial score (nSPS) is 29.2. The van der Waals surface area contributed by atoms with Crippen LogP contribution in [0.25, 0.3) is 11.8 Å². The molecule has 0 spiro atoms. The van der Waals surface area contributed by atoms with E-state index in [1.54, 1.807) is 26.2 Å². The number of aliphatic hydroxyl groups excluding tert-OH is 2. The number of Topliss-reactive ketones (excluding diaryl/α,β-unsaturated/α-hetero) is 2. The fraction of sp³-hybridized carbons (Fsp3) is 0.414. The molecule has 1 fully saturated rings. The predicted octanol–water partition coefficient (Wildman–Crippen LogP) is 3.04. The molecule has 1 aromatic carbocycles. The predicted molar refractivity (Wildman–Crippen MR) is 145 cm³/mol. The number of hydrogen-bond acceptors (Lipinski definition) is 8. The minimum Gasteiger partial charge on any atom is -0.508 e. The van der Waals surface area contributed by atoms with Crippen LogP contribution in [0.4, 0.5) is 0 Å². The Morgan fingerprint density at radius 3 is 2.51 bits per heavy atom. The molecule has 4 atom stereocenters. The molecule has 9 nitrogen and oxygen atoms in total. The van der Waals surface area contributed by atoms with Crippen LogP contribution in [0, 0.1) is 11.8 Å². The highest BCUT2D eigenvalue weighted by atomic mass is 35.5. The zero-order valence-electron chi connectivity index (χ0n) is 21.7. The average molecular weight is 555 g/mol. The van der Waals surface area contributed by atoms with Gasteiger partial charge in [-0.25, -0.2) is 0 Å². The largest absolute Gasteiger partial charge is 0.508 e. The molecule has 0 radical (unpaired) electrons. The van der Waals surface area contributed by atoms with Crippen LogP contribution in [-0.4, -0.2) is 68.5 Å². The van der Waals surface area contributed by atoms with Crippen LogP contribution in [0.1, 0.15) is 48.8 Å². The number of primary amides is 1. The van der Waals surface area contributed by atoms with Crippen molar-refractivity contribution in [3.8, 4) is 5.75 Å². The van der Waals surface area contributed by atoms with E-state index < -0.39 is 58.0 Å². The Labute approximate surface area is 230 Å². The molecule has 5 rings (SSSR count). The maximum Gasteiger partial charge on any atom is 0.255 e. The minimum absolute atomic E-state index is 0.0312. The number of fused-ring (bicyclic) bond motifs is 3. The second kappa shape index (κ2) is 9.66. The number of nitrogens with zero attached hydrogens (tertiary/aromatic N) is 1. The van der Waals surface area contributed by atoms with E-state index in [9.17, 15) is 34.8 Å². The Bertz CT molecular complexity index is 1440. The first-order valence-corrected chi connectivity index (χ1v) is 13.3. The van der Waals surface area contributed by atoms with E-state index in [1.807, 2.05) is 0 Å². The van der Waals surface area contributed by atoms with Crippen molar-refractivity contribution >= 4 is 40.9 Å². The van der Waals surface area contributed by atoms with Crippen molar-refractivity contribution in [2.75, 3.05) is 14.1 Å². The van der Waals surface area contributed by atoms with Gasteiger partial charge in [-0.05, 0) is 87.4 Å². The number of rotatable bonds is 4. The van der Waals surface area contributed by atoms with Gasteiger partial charge < -0.3 is 26.2 Å². The second-order valence-corrected chi connectivity index (χ2v) is 11.4. The summed E-state index contributed by atoms with van der Waals surface area (Å²) in [5, 5.41) is 45.3. The van der Waals surface area contributed by atoms with E-state index in [0.29, 0.717) is 16.2 Å². The van der Waals surface area contributed by atoms with Crippen molar-refractivity contribution in [2.24, 2.45) is 17.6 Å². The van der Waals surface area contributed by atoms with Gasteiger partial charge in [-0.1, -0.05) is 23.7 Å². The van der Waals surface area contributed by atoms with Crippen molar-refractivity contribution in [2.45, 2.75) is 50.2 Å². The number of aliphatic hydroxyl groups is 3. The van der Waals surface area contributed by atoms with Crippen molar-refractivity contribution in [3.05, 3.63) is 62.4 Å². The molecule has 0 aliphatic heterocycles. The molecular weight excluding hydrogens is 524 g/mol. The molecule has 1 saturated carbocycles. The molecule has 0 heterocycles. The summed E-state index contributed by atoms with van der Waals surface area (Å²) in [6, 6.07) is 1.97. The van der Waals surface area contributed by atoms with Gasteiger partial charge in [-0.3, -0.25) is 19.3 Å². The summed E-state index contributed by atoms with van der Waals surface area (Å²) < 4.78 is 0. The highest BCUT2D eigenvalue weighted by Crippen LogP contribution is 2.53. The standard InChI is InChI=1S/C29H31ClN2O7/c1-32(2)23-17-11-15-10-16-14(12-18(30)13-6-4-3-5-7-13)8-9-19(33)21(16)24(34)20(15)26(36)29(17,39)27(37)22(25(23)35)28(31)38/h6,8-9,12,15,17,23,33-34,37,39H,3-5,7,10-11H2,1-2H3,(H2,31,38)/b18-12-/t15-,17-,23+,29-/m0/s1. The summed E-state index contributed by atoms with van der Waals surface area (Å²) in [6.45, 7) is 0. The van der Waals surface area contributed by atoms with Gasteiger partial charge in [0.15, 0.2) is 11.4 Å². The Balaban J connectivity index is 1.68. The first-order chi connectivity index (χ1) is 18.4. The van der Waals surface area contributed by atoms with Crippen LogP contribution in [0.3, 0.4) is 0 Å². The third-order valence-corrected chi connectivity index (χ3v) is 8.87. The highest BCUT2D eigenvalue weighted by molar-refractivity contribution is 6.34. The van der Waals surface area contributed by atoms with E-state index in [1.165, 1.54) is 11.0 Å². The molecule has 39 heavy (non-hydrogen) atoms. The Hall–Kier alpha value is -3.40. The Morgan fingerprint density at radius 1 is 1.18 bits per heavy atom. The maximum absolute atomic E-state index is 13.9. The number of benzene rings is 1. The molecule has 6 N–H and O–H groups in total. The van der Waals surface area contributed by atoms with Gasteiger partial charge in [0.05, 0.1) is 11.6 Å². The number of phenolic OH excluding ortho intramolecular Hbond substituents is 1. The van der Waals surface area contributed by atoms with Gasteiger partial charge in [0.25, 0.3) is 5.91 Å². The lowest BCUT2D eigenvalue weighted by Crippen LogP contribution is -2.65. The summed E-state index contributed by atoms with van der Waals surface area (Å²) in [4.78, 5) is 40.7. The highest BCUT2D eigenvalue weighted by Gasteiger charge is 2.64. The molecule has 0 unspecified atom stereocenters.